The lowest BCUT2D eigenvalue weighted by atomic mass is 10.2. The molecule has 0 radical (unpaired) electrons. The third-order valence-electron chi connectivity index (χ3n) is 3.97. The average molecular weight is 444 g/mol. The van der Waals surface area contributed by atoms with E-state index in [1.807, 2.05) is 0 Å². The molecule has 1 saturated heterocycles. The second-order valence-corrected chi connectivity index (χ2v) is 8.45. The van der Waals surface area contributed by atoms with Gasteiger partial charge >= 0.3 is 5.97 Å². The van der Waals surface area contributed by atoms with Crippen molar-refractivity contribution in [2.75, 3.05) is 38.2 Å². The molecule has 0 aliphatic carbocycles. The number of nitrogens with one attached hydrogen (secondary N) is 1. The number of hydrogen-bond acceptors (Lipinski definition) is 9. The molecule has 1 N–H and O–H groups in total. The molecule has 2 aromatic rings. The Balaban J connectivity index is 1.85. The zero-order valence-electron chi connectivity index (χ0n) is 15.3. The molecular formula is C16H17FN4O6S2. The molecule has 1 aromatic heterocycles. The van der Waals surface area contributed by atoms with Crippen LogP contribution in [0.2, 0.25) is 0 Å². The number of anilines is 1. The van der Waals surface area contributed by atoms with Gasteiger partial charge < -0.3 is 14.8 Å². The van der Waals surface area contributed by atoms with Crippen LogP contribution in [0.5, 0.6) is 0 Å². The Bertz CT molecular complexity index is 1020. The number of nitrogens with zero attached hydrogens (tertiary/aromatic N) is 3. The first-order valence-electron chi connectivity index (χ1n) is 8.53. The fourth-order valence-electron chi connectivity index (χ4n) is 2.55. The van der Waals surface area contributed by atoms with Gasteiger partial charge in [0.15, 0.2) is 5.00 Å². The lowest BCUT2D eigenvalue weighted by molar-refractivity contribution is 0.0520. The van der Waals surface area contributed by atoms with Crippen LogP contribution in [0.15, 0.2) is 23.1 Å². The van der Waals surface area contributed by atoms with Crippen LogP contribution in [-0.4, -0.2) is 67.1 Å². The van der Waals surface area contributed by atoms with Crippen LogP contribution in [0.4, 0.5) is 9.39 Å². The highest BCUT2D eigenvalue weighted by atomic mass is 32.2. The quantitative estimate of drug-likeness (QED) is 0.657. The molecule has 0 bridgehead atoms. The maximum absolute atomic E-state index is 14.3. The second-order valence-electron chi connectivity index (χ2n) is 5.79. The minimum absolute atomic E-state index is 0.0374. The van der Waals surface area contributed by atoms with E-state index in [1.54, 1.807) is 6.92 Å². The summed E-state index contributed by atoms with van der Waals surface area (Å²) in [5, 5.41) is 6.08. The molecule has 1 amide bonds. The summed E-state index contributed by atoms with van der Waals surface area (Å²) in [4.78, 5) is 23.8. The van der Waals surface area contributed by atoms with Gasteiger partial charge in [-0.3, -0.25) is 4.79 Å². The fourth-order valence-corrected chi connectivity index (χ4v) is 4.60. The molecule has 0 atom stereocenters. The van der Waals surface area contributed by atoms with Crippen LogP contribution in [0.1, 0.15) is 27.8 Å². The molecule has 2 heterocycles. The van der Waals surface area contributed by atoms with Gasteiger partial charge in [-0.05, 0) is 25.1 Å². The molecule has 1 fully saturated rings. The second kappa shape index (κ2) is 8.90. The summed E-state index contributed by atoms with van der Waals surface area (Å²) < 4.78 is 54.4. The number of halogens is 1. The van der Waals surface area contributed by atoms with Crippen molar-refractivity contribution in [2.45, 2.75) is 11.8 Å². The molecule has 13 heteroatoms. The van der Waals surface area contributed by atoms with Crippen molar-refractivity contribution >= 4 is 38.4 Å². The van der Waals surface area contributed by atoms with Gasteiger partial charge in [-0.1, -0.05) is 4.49 Å². The molecular weight excluding hydrogens is 427 g/mol. The van der Waals surface area contributed by atoms with Crippen molar-refractivity contribution < 1.29 is 31.9 Å². The first-order valence-corrected chi connectivity index (χ1v) is 10.7. The number of amides is 1. The summed E-state index contributed by atoms with van der Waals surface area (Å²) in [6.45, 7) is 2.32. The molecule has 10 nitrogen and oxygen atoms in total. The summed E-state index contributed by atoms with van der Waals surface area (Å²) in [5.74, 6) is -2.48. The van der Waals surface area contributed by atoms with Gasteiger partial charge in [-0.25, -0.2) is 17.6 Å². The van der Waals surface area contributed by atoms with E-state index in [9.17, 15) is 22.4 Å². The smallest absolute Gasteiger partial charge is 0.362 e. The van der Waals surface area contributed by atoms with Crippen molar-refractivity contribution in [3.63, 3.8) is 0 Å². The Hall–Kier alpha value is -2.48. The van der Waals surface area contributed by atoms with Crippen LogP contribution >= 0.6 is 11.5 Å². The molecule has 29 heavy (non-hydrogen) atoms. The minimum atomic E-state index is -4.14. The molecule has 3 rings (SSSR count). The number of aromatic nitrogens is 2. The number of esters is 1. The Morgan fingerprint density at radius 2 is 2.07 bits per heavy atom. The topological polar surface area (TPSA) is 128 Å². The predicted molar refractivity (Wildman–Crippen MR) is 99.8 cm³/mol. The largest absolute Gasteiger partial charge is 0.461 e. The first kappa shape index (κ1) is 21.2. The fraction of sp³-hybridized carbons (Fsp3) is 0.375. The third-order valence-corrected chi connectivity index (χ3v) is 6.52. The van der Waals surface area contributed by atoms with Crippen LogP contribution in [0.25, 0.3) is 0 Å². The molecule has 1 aliphatic rings. The highest BCUT2D eigenvalue weighted by Crippen LogP contribution is 2.24. The van der Waals surface area contributed by atoms with E-state index >= 15 is 0 Å². The van der Waals surface area contributed by atoms with Gasteiger partial charge in [0.1, 0.15) is 10.7 Å². The lowest BCUT2D eigenvalue weighted by Gasteiger charge is -2.26. The van der Waals surface area contributed by atoms with Crippen LogP contribution < -0.4 is 5.32 Å². The van der Waals surface area contributed by atoms with Gasteiger partial charge in [0, 0.05) is 30.2 Å². The Morgan fingerprint density at radius 3 is 2.76 bits per heavy atom. The van der Waals surface area contributed by atoms with E-state index in [1.165, 1.54) is 0 Å². The zero-order valence-corrected chi connectivity index (χ0v) is 16.9. The average Bonchev–Trinajstić information content (AvgIpc) is 3.17. The summed E-state index contributed by atoms with van der Waals surface area (Å²) >= 11 is 0.754. The molecule has 1 aliphatic heterocycles. The number of morpholine rings is 1. The lowest BCUT2D eigenvalue weighted by Crippen LogP contribution is -2.41. The van der Waals surface area contributed by atoms with Gasteiger partial charge in [0.2, 0.25) is 15.7 Å². The van der Waals surface area contributed by atoms with Gasteiger partial charge in [0.25, 0.3) is 5.91 Å². The van der Waals surface area contributed by atoms with Gasteiger partial charge in [-0.15, -0.1) is 5.10 Å². The van der Waals surface area contributed by atoms with E-state index in [-0.39, 0.29) is 49.2 Å². The van der Waals surface area contributed by atoms with Crippen LogP contribution in [0.3, 0.4) is 0 Å². The predicted octanol–water partition coefficient (Wildman–Crippen LogP) is 1.13. The monoisotopic (exact) mass is 444 g/mol. The molecule has 1 aromatic carbocycles. The summed E-state index contributed by atoms with van der Waals surface area (Å²) in [5.41, 5.74) is -0.282. The van der Waals surface area contributed by atoms with Crippen LogP contribution in [-0.2, 0) is 19.5 Å². The highest BCUT2D eigenvalue weighted by molar-refractivity contribution is 7.89. The van der Waals surface area contributed by atoms with E-state index in [4.69, 9.17) is 9.47 Å². The number of sulfonamides is 1. The van der Waals surface area contributed by atoms with E-state index in [0.29, 0.717) is 0 Å². The molecule has 0 unspecified atom stereocenters. The van der Waals surface area contributed by atoms with E-state index in [2.05, 4.69) is 14.9 Å². The summed E-state index contributed by atoms with van der Waals surface area (Å²) in [6, 6.07) is 2.99. The normalized spacial score (nSPS) is 15.1. The maximum Gasteiger partial charge on any atom is 0.362 e. The summed E-state index contributed by atoms with van der Waals surface area (Å²) in [6.07, 6.45) is 0. The van der Waals surface area contributed by atoms with E-state index < -0.39 is 32.6 Å². The van der Waals surface area contributed by atoms with E-state index in [0.717, 1.165) is 34.0 Å². The maximum atomic E-state index is 14.3. The van der Waals surface area contributed by atoms with Crippen molar-refractivity contribution in [3.8, 4) is 0 Å². The third kappa shape index (κ3) is 4.58. The Labute approximate surface area is 169 Å². The molecule has 0 saturated carbocycles. The standard InChI is InChI=1S/C16H17FN4O6S2/c1-2-27-16(23)13-15(28-20-19-13)18-14(22)10-3-4-11(17)12(9-10)29(24,25)21-5-7-26-8-6-21/h3-4,9H,2,5-8H2,1H3,(H,18,22). The number of rotatable bonds is 6. The number of carbonyl (C=O) groups is 2. The van der Waals surface area contributed by atoms with Crippen molar-refractivity contribution in [1.82, 2.24) is 13.9 Å². The van der Waals surface area contributed by atoms with Crippen molar-refractivity contribution in [2.24, 2.45) is 0 Å². The zero-order chi connectivity index (χ0) is 21.0. The van der Waals surface area contributed by atoms with Crippen LogP contribution in [0, 0.1) is 5.82 Å². The number of hydrogen-bond donors (Lipinski definition) is 1. The van der Waals surface area contributed by atoms with Crippen molar-refractivity contribution in [1.29, 1.82) is 0 Å². The number of benzene rings is 1. The molecule has 156 valence electrons. The van der Waals surface area contributed by atoms with Crippen molar-refractivity contribution in [3.05, 3.63) is 35.3 Å². The Kier molecular flexibility index (Phi) is 6.52. The highest BCUT2D eigenvalue weighted by Gasteiger charge is 2.30. The minimum Gasteiger partial charge on any atom is -0.461 e. The van der Waals surface area contributed by atoms with Gasteiger partial charge in [-0.2, -0.15) is 4.31 Å². The number of carbonyl (C=O) groups excluding carboxylic acids is 2. The first-order chi connectivity index (χ1) is 13.8. The summed E-state index contributed by atoms with van der Waals surface area (Å²) in [7, 11) is -4.14. The SMILES string of the molecule is CCOC(=O)c1nnsc1NC(=O)c1ccc(F)c(S(=O)(=O)N2CCOCC2)c1. The molecule has 0 spiro atoms. The number of ether oxygens (including phenoxy) is 2. The van der Waals surface area contributed by atoms with Gasteiger partial charge in [0.05, 0.1) is 19.8 Å². The Morgan fingerprint density at radius 1 is 1.34 bits per heavy atom.